The molecule has 0 radical (unpaired) electrons. The Balaban J connectivity index is 1.76. The summed E-state index contributed by atoms with van der Waals surface area (Å²) in [6.07, 6.45) is -0.393. The van der Waals surface area contributed by atoms with Crippen LogP contribution in [0.5, 0.6) is 0 Å². The Morgan fingerprint density at radius 1 is 0.806 bits per heavy atom. The summed E-state index contributed by atoms with van der Waals surface area (Å²) in [5, 5.41) is 0. The standard InChI is InChI=1S/C31H29NO3S/c1-3-35-31(25-14-8-5-9-15-25)28-22-32(36(33,34)26-20-18-23(2)19-21-26)29-17-11-10-16-27(29)30(28)24-12-6-4-7-13-24/h4-21,31H,3,22H2,1-2H3/t31-/m1/s1. The summed E-state index contributed by atoms with van der Waals surface area (Å²) in [6, 6.07) is 35.0. The first kappa shape index (κ1) is 24.0. The number of hydrogen-bond donors (Lipinski definition) is 0. The fraction of sp³-hybridized carbons (Fsp3) is 0.161. The molecule has 0 saturated carbocycles. The summed E-state index contributed by atoms with van der Waals surface area (Å²) in [6.45, 7) is 4.61. The van der Waals surface area contributed by atoms with Crippen molar-refractivity contribution >= 4 is 21.3 Å². The van der Waals surface area contributed by atoms with Gasteiger partial charge in [0.05, 0.1) is 17.1 Å². The monoisotopic (exact) mass is 495 g/mol. The first-order valence-corrected chi connectivity index (χ1v) is 13.6. The number of benzene rings is 4. The van der Waals surface area contributed by atoms with Gasteiger partial charge in [-0.15, -0.1) is 0 Å². The van der Waals surface area contributed by atoms with Crippen molar-refractivity contribution in [2.75, 3.05) is 17.5 Å². The minimum Gasteiger partial charge on any atom is -0.369 e. The maximum atomic E-state index is 14.0. The smallest absolute Gasteiger partial charge is 0.264 e. The van der Waals surface area contributed by atoms with Crippen LogP contribution in [0.3, 0.4) is 0 Å². The molecule has 0 saturated heterocycles. The van der Waals surface area contributed by atoms with E-state index in [9.17, 15) is 8.42 Å². The molecular formula is C31H29NO3S. The summed E-state index contributed by atoms with van der Waals surface area (Å²) in [5.74, 6) is 0. The van der Waals surface area contributed by atoms with Crippen LogP contribution >= 0.6 is 0 Å². The topological polar surface area (TPSA) is 46.6 Å². The van der Waals surface area contributed by atoms with Gasteiger partial charge in [-0.3, -0.25) is 4.31 Å². The average Bonchev–Trinajstić information content (AvgIpc) is 2.92. The van der Waals surface area contributed by atoms with Crippen molar-refractivity contribution in [2.45, 2.75) is 24.8 Å². The molecule has 4 aromatic rings. The summed E-state index contributed by atoms with van der Waals surface area (Å²) in [5.41, 5.74) is 6.53. The second-order valence-electron chi connectivity index (χ2n) is 8.85. The molecule has 182 valence electrons. The van der Waals surface area contributed by atoms with Gasteiger partial charge >= 0.3 is 0 Å². The Bertz CT molecular complexity index is 1480. The van der Waals surface area contributed by atoms with Crippen molar-refractivity contribution in [1.29, 1.82) is 0 Å². The molecule has 1 aliphatic rings. The number of anilines is 1. The number of para-hydroxylation sites is 1. The van der Waals surface area contributed by atoms with Crippen molar-refractivity contribution in [3.63, 3.8) is 0 Å². The lowest BCUT2D eigenvalue weighted by molar-refractivity contribution is 0.0880. The van der Waals surface area contributed by atoms with Gasteiger partial charge in [-0.1, -0.05) is 96.6 Å². The highest BCUT2D eigenvalue weighted by Gasteiger charge is 2.36. The van der Waals surface area contributed by atoms with Crippen LogP contribution in [0.2, 0.25) is 0 Å². The lowest BCUT2D eigenvalue weighted by atomic mass is 9.85. The fourth-order valence-corrected chi connectivity index (χ4v) is 6.26. The lowest BCUT2D eigenvalue weighted by Gasteiger charge is -2.36. The largest absolute Gasteiger partial charge is 0.369 e. The molecule has 5 rings (SSSR count). The molecule has 0 aromatic heterocycles. The van der Waals surface area contributed by atoms with Gasteiger partial charge in [-0.2, -0.15) is 0 Å². The highest BCUT2D eigenvalue weighted by atomic mass is 32.2. The van der Waals surface area contributed by atoms with Gasteiger partial charge in [0.25, 0.3) is 10.0 Å². The van der Waals surface area contributed by atoms with Crippen LogP contribution in [0.15, 0.2) is 120 Å². The molecule has 0 unspecified atom stereocenters. The highest BCUT2D eigenvalue weighted by Crippen LogP contribution is 2.45. The quantitative estimate of drug-likeness (QED) is 0.284. The second-order valence-corrected chi connectivity index (χ2v) is 10.7. The molecule has 1 atom stereocenters. The molecule has 0 N–H and O–H groups in total. The molecule has 0 spiro atoms. The Hall–Kier alpha value is -3.67. The minimum absolute atomic E-state index is 0.191. The summed E-state index contributed by atoms with van der Waals surface area (Å²) >= 11 is 0. The minimum atomic E-state index is -3.82. The van der Waals surface area contributed by atoms with Crippen molar-refractivity contribution in [3.8, 4) is 0 Å². The maximum absolute atomic E-state index is 14.0. The molecule has 0 aliphatic carbocycles. The van der Waals surface area contributed by atoms with Crippen LogP contribution in [0.4, 0.5) is 5.69 Å². The third-order valence-corrected chi connectivity index (χ3v) is 8.27. The third-order valence-electron chi connectivity index (χ3n) is 6.50. The lowest BCUT2D eigenvalue weighted by Crippen LogP contribution is -2.37. The fourth-order valence-electron chi connectivity index (χ4n) is 4.80. The molecular weight excluding hydrogens is 466 g/mol. The Labute approximate surface area is 213 Å². The number of fused-ring (bicyclic) bond motifs is 1. The van der Waals surface area contributed by atoms with Crippen molar-refractivity contribution < 1.29 is 13.2 Å². The zero-order valence-corrected chi connectivity index (χ0v) is 21.3. The summed E-state index contributed by atoms with van der Waals surface area (Å²) in [7, 11) is -3.82. The molecule has 1 heterocycles. The van der Waals surface area contributed by atoms with Crippen LogP contribution in [-0.2, 0) is 14.8 Å². The third kappa shape index (κ3) is 4.48. The van der Waals surface area contributed by atoms with Crippen LogP contribution in [-0.4, -0.2) is 21.6 Å². The first-order valence-electron chi connectivity index (χ1n) is 12.1. The maximum Gasteiger partial charge on any atom is 0.264 e. The molecule has 0 fully saturated rings. The first-order chi connectivity index (χ1) is 17.5. The SMILES string of the molecule is CCO[C@@H](C1=C(c2ccccc2)c2ccccc2N(S(=O)(=O)c2ccc(C)cc2)C1)c1ccccc1. The second kappa shape index (κ2) is 10.1. The van der Waals surface area contributed by atoms with Crippen LogP contribution < -0.4 is 4.31 Å². The number of sulfonamides is 1. The Morgan fingerprint density at radius 2 is 1.42 bits per heavy atom. The van der Waals surface area contributed by atoms with Gasteiger partial charge in [0, 0.05) is 12.2 Å². The van der Waals surface area contributed by atoms with E-state index in [-0.39, 0.29) is 11.4 Å². The van der Waals surface area contributed by atoms with Crippen LogP contribution in [0.25, 0.3) is 5.57 Å². The van der Waals surface area contributed by atoms with Gasteiger partial charge < -0.3 is 4.74 Å². The van der Waals surface area contributed by atoms with Gasteiger partial charge in [0.2, 0.25) is 0 Å². The van der Waals surface area contributed by atoms with E-state index >= 15 is 0 Å². The molecule has 0 amide bonds. The highest BCUT2D eigenvalue weighted by molar-refractivity contribution is 7.92. The number of hydrogen-bond acceptors (Lipinski definition) is 3. The summed E-state index contributed by atoms with van der Waals surface area (Å²) in [4.78, 5) is 0.276. The van der Waals surface area contributed by atoms with Gasteiger partial charge in [0.15, 0.2) is 0 Å². The van der Waals surface area contributed by atoms with Gasteiger partial charge in [0.1, 0.15) is 6.10 Å². The predicted molar refractivity (Wildman–Crippen MR) is 145 cm³/mol. The van der Waals surface area contributed by atoms with E-state index in [1.54, 1.807) is 12.1 Å². The Kier molecular flexibility index (Phi) is 6.77. The molecule has 0 bridgehead atoms. The van der Waals surface area contributed by atoms with E-state index < -0.39 is 16.1 Å². The number of aryl methyl sites for hydroxylation is 1. The predicted octanol–water partition coefficient (Wildman–Crippen LogP) is 6.78. The van der Waals surface area contributed by atoms with Gasteiger partial charge in [-0.05, 0) is 54.3 Å². The number of nitrogens with zero attached hydrogens (tertiary/aromatic N) is 1. The molecule has 5 heteroatoms. The van der Waals surface area contributed by atoms with E-state index in [1.165, 1.54) is 4.31 Å². The van der Waals surface area contributed by atoms with E-state index in [4.69, 9.17) is 4.74 Å². The number of ether oxygens (including phenoxy) is 1. The molecule has 1 aliphatic heterocycles. The van der Waals surface area contributed by atoms with Gasteiger partial charge in [-0.25, -0.2) is 8.42 Å². The van der Waals surface area contributed by atoms with Crippen LogP contribution in [0, 0.1) is 6.92 Å². The molecule has 4 aromatic carbocycles. The van der Waals surface area contributed by atoms with Crippen LogP contribution in [0.1, 0.15) is 35.3 Å². The Morgan fingerprint density at radius 3 is 2.08 bits per heavy atom. The normalized spacial score (nSPS) is 14.4. The van der Waals surface area contributed by atoms with Crippen molar-refractivity contribution in [1.82, 2.24) is 0 Å². The van der Waals surface area contributed by atoms with E-state index in [2.05, 4.69) is 12.1 Å². The average molecular weight is 496 g/mol. The van der Waals surface area contributed by atoms with Crippen molar-refractivity contribution in [3.05, 3.63) is 137 Å². The summed E-state index contributed by atoms with van der Waals surface area (Å²) < 4.78 is 35.9. The zero-order chi connectivity index (χ0) is 25.1. The molecule has 4 nitrogen and oxygen atoms in total. The number of rotatable bonds is 7. The van der Waals surface area contributed by atoms with Crippen molar-refractivity contribution in [2.24, 2.45) is 0 Å². The van der Waals surface area contributed by atoms with E-state index in [1.807, 2.05) is 98.8 Å². The molecule has 36 heavy (non-hydrogen) atoms. The zero-order valence-electron chi connectivity index (χ0n) is 20.5. The van der Waals surface area contributed by atoms with E-state index in [0.717, 1.165) is 33.4 Å². The van der Waals surface area contributed by atoms with E-state index in [0.29, 0.717) is 12.3 Å².